The van der Waals surface area contributed by atoms with Gasteiger partial charge in [0.25, 0.3) is 0 Å². The molecule has 0 aliphatic rings. The SMILES string of the molecule is C=CC(C)(C)C(CC[Si](C)(C)C)(C(CCC(=C)C)[C](C)C)C(Cl)(Cl)Cl. The Kier molecular flexibility index (Phi) is 9.38. The summed E-state index contributed by atoms with van der Waals surface area (Å²) in [4.78, 5) is 0. The second-order valence-electron chi connectivity index (χ2n) is 9.58. The largest absolute Gasteiger partial charge is 0.197 e. The second-order valence-corrected chi connectivity index (χ2v) is 17.5. The molecule has 0 rings (SSSR count). The first kappa shape index (κ1) is 25.6. The van der Waals surface area contributed by atoms with Crippen molar-refractivity contribution in [3.63, 3.8) is 0 Å². The number of hydrogen-bond donors (Lipinski definition) is 0. The molecular weight excluding hydrogens is 387 g/mol. The molecule has 4 heteroatoms. The zero-order chi connectivity index (χ0) is 20.3. The minimum atomic E-state index is -1.37. The Morgan fingerprint density at radius 1 is 1.08 bits per heavy atom. The van der Waals surface area contributed by atoms with Crippen LogP contribution in [0.15, 0.2) is 24.8 Å². The van der Waals surface area contributed by atoms with Gasteiger partial charge in [-0.3, -0.25) is 0 Å². The van der Waals surface area contributed by atoms with Gasteiger partial charge in [-0.15, -0.1) is 13.2 Å². The predicted molar refractivity (Wildman–Crippen MR) is 122 cm³/mol. The molecule has 0 heterocycles. The van der Waals surface area contributed by atoms with Crippen LogP contribution in [0.25, 0.3) is 0 Å². The summed E-state index contributed by atoms with van der Waals surface area (Å²) in [5.41, 5.74) is 0.363. The fraction of sp³-hybridized carbons (Fsp3) is 0.762. The van der Waals surface area contributed by atoms with Crippen LogP contribution in [0.4, 0.5) is 0 Å². The highest BCUT2D eigenvalue weighted by atomic mass is 35.6. The molecule has 0 bridgehead atoms. The number of hydrogen-bond acceptors (Lipinski definition) is 0. The highest BCUT2D eigenvalue weighted by Crippen LogP contribution is 2.65. The van der Waals surface area contributed by atoms with Crippen LogP contribution < -0.4 is 0 Å². The van der Waals surface area contributed by atoms with E-state index in [-0.39, 0.29) is 11.3 Å². The molecule has 0 aromatic heterocycles. The monoisotopic (exact) mass is 423 g/mol. The molecule has 25 heavy (non-hydrogen) atoms. The van der Waals surface area contributed by atoms with Crippen molar-refractivity contribution in [2.45, 2.75) is 83.4 Å². The lowest BCUT2D eigenvalue weighted by Gasteiger charge is -2.56. The van der Waals surface area contributed by atoms with E-state index in [1.165, 1.54) is 11.5 Å². The quantitative estimate of drug-likeness (QED) is 0.186. The lowest BCUT2D eigenvalue weighted by Crippen LogP contribution is -2.54. The molecule has 0 N–H and O–H groups in total. The standard InChI is InChI=1S/C21H38Cl3Si/c1-11-19(6,7)20(21(22,23)24,14-15-25(8,9)10)18(17(4)5)13-12-16(2)3/h11,18H,1-2,12-15H2,3-10H3. The van der Waals surface area contributed by atoms with E-state index in [1.807, 2.05) is 6.08 Å². The molecule has 0 aliphatic heterocycles. The molecule has 0 aromatic rings. The normalized spacial score (nSPS) is 17.3. The third kappa shape index (κ3) is 6.59. The van der Waals surface area contributed by atoms with E-state index in [0.717, 1.165) is 25.3 Å². The van der Waals surface area contributed by atoms with Crippen molar-refractivity contribution < 1.29 is 0 Å². The smallest absolute Gasteiger partial charge is 0.103 e. The molecule has 1 radical (unpaired) electrons. The summed E-state index contributed by atoms with van der Waals surface area (Å²) in [6, 6.07) is 1.12. The third-order valence-corrected chi connectivity index (χ3v) is 8.35. The zero-order valence-corrected chi connectivity index (χ0v) is 20.8. The maximum absolute atomic E-state index is 6.76. The van der Waals surface area contributed by atoms with Gasteiger partial charge in [0, 0.05) is 13.5 Å². The van der Waals surface area contributed by atoms with E-state index in [4.69, 9.17) is 34.8 Å². The fourth-order valence-corrected chi connectivity index (χ4v) is 6.38. The zero-order valence-electron chi connectivity index (χ0n) is 17.5. The number of rotatable bonds is 10. The maximum atomic E-state index is 6.76. The van der Waals surface area contributed by atoms with Crippen LogP contribution in [0, 0.1) is 22.7 Å². The van der Waals surface area contributed by atoms with Crippen molar-refractivity contribution in [3.8, 4) is 0 Å². The van der Waals surface area contributed by atoms with E-state index in [1.54, 1.807) is 0 Å². The van der Waals surface area contributed by atoms with Crippen LogP contribution >= 0.6 is 34.8 Å². The molecule has 0 nitrogen and oxygen atoms in total. The van der Waals surface area contributed by atoms with Gasteiger partial charge in [0.15, 0.2) is 3.79 Å². The second kappa shape index (κ2) is 9.17. The van der Waals surface area contributed by atoms with Crippen molar-refractivity contribution in [2.75, 3.05) is 0 Å². The van der Waals surface area contributed by atoms with Crippen molar-refractivity contribution >= 4 is 42.9 Å². The molecule has 2 unspecified atom stereocenters. The fourth-order valence-electron chi connectivity index (χ4n) is 3.82. The summed E-state index contributed by atoms with van der Waals surface area (Å²) in [6.07, 6.45) is 4.77. The maximum Gasteiger partial charge on any atom is 0.197 e. The van der Waals surface area contributed by atoms with Gasteiger partial charge in [-0.1, -0.05) is 99.8 Å². The Labute approximate surface area is 173 Å². The summed E-state index contributed by atoms with van der Waals surface area (Å²) in [7, 11) is -1.30. The van der Waals surface area contributed by atoms with Crippen LogP contribution in [-0.2, 0) is 0 Å². The highest BCUT2D eigenvalue weighted by Gasteiger charge is 2.60. The average molecular weight is 425 g/mol. The lowest BCUT2D eigenvalue weighted by molar-refractivity contribution is 0.0370. The van der Waals surface area contributed by atoms with Gasteiger partial charge in [-0.2, -0.15) is 0 Å². The summed E-state index contributed by atoms with van der Waals surface area (Å²) < 4.78 is -1.37. The van der Waals surface area contributed by atoms with E-state index in [9.17, 15) is 0 Å². The van der Waals surface area contributed by atoms with Crippen molar-refractivity contribution in [1.82, 2.24) is 0 Å². The molecule has 0 aromatic carbocycles. The topological polar surface area (TPSA) is 0 Å². The Morgan fingerprint density at radius 3 is 1.84 bits per heavy atom. The van der Waals surface area contributed by atoms with E-state index in [2.05, 4.69) is 67.4 Å². The van der Waals surface area contributed by atoms with Gasteiger partial charge in [0.05, 0.1) is 0 Å². The Hall–Kier alpha value is 0.567. The number of halogens is 3. The van der Waals surface area contributed by atoms with Crippen LogP contribution in [0.3, 0.4) is 0 Å². The van der Waals surface area contributed by atoms with Gasteiger partial charge in [0.1, 0.15) is 0 Å². The van der Waals surface area contributed by atoms with Crippen LogP contribution in [0.1, 0.15) is 53.9 Å². The lowest BCUT2D eigenvalue weighted by atomic mass is 9.54. The Morgan fingerprint density at radius 2 is 1.56 bits per heavy atom. The molecule has 0 fully saturated rings. The summed E-state index contributed by atoms with van der Waals surface area (Å²) in [6.45, 7) is 26.1. The molecule has 0 saturated heterocycles. The molecule has 147 valence electrons. The summed E-state index contributed by atoms with van der Waals surface area (Å²) in [5, 5.41) is 0. The van der Waals surface area contributed by atoms with Gasteiger partial charge in [0.2, 0.25) is 0 Å². The van der Waals surface area contributed by atoms with Crippen molar-refractivity contribution in [1.29, 1.82) is 0 Å². The Bertz CT molecular complexity index is 455. The van der Waals surface area contributed by atoms with E-state index in [0.29, 0.717) is 0 Å². The van der Waals surface area contributed by atoms with Crippen LogP contribution in [-0.4, -0.2) is 11.9 Å². The Balaban J connectivity index is 6.38. The first-order valence-electron chi connectivity index (χ1n) is 9.16. The highest BCUT2D eigenvalue weighted by molar-refractivity contribution is 6.76. The average Bonchev–Trinajstić information content (AvgIpc) is 2.38. The van der Waals surface area contributed by atoms with Gasteiger partial charge < -0.3 is 0 Å². The molecule has 0 spiro atoms. The molecule has 2 atom stereocenters. The molecule has 0 amide bonds. The third-order valence-electron chi connectivity index (χ3n) is 5.59. The van der Waals surface area contributed by atoms with Crippen molar-refractivity contribution in [3.05, 3.63) is 30.7 Å². The number of allylic oxidation sites excluding steroid dienone is 2. The molecule has 0 saturated carbocycles. The molecular formula is C21H38Cl3Si. The van der Waals surface area contributed by atoms with E-state index < -0.39 is 17.3 Å². The van der Waals surface area contributed by atoms with Gasteiger partial charge in [-0.05, 0) is 43.4 Å². The first-order chi connectivity index (χ1) is 11.0. The van der Waals surface area contributed by atoms with Crippen LogP contribution in [0.2, 0.25) is 25.7 Å². The summed E-state index contributed by atoms with van der Waals surface area (Å²) >= 11 is 20.3. The predicted octanol–water partition coefficient (Wildman–Crippen LogP) is 8.87. The van der Waals surface area contributed by atoms with Gasteiger partial charge in [-0.25, -0.2) is 0 Å². The van der Waals surface area contributed by atoms with Gasteiger partial charge >= 0.3 is 0 Å². The first-order valence-corrected chi connectivity index (χ1v) is 14.0. The minimum absolute atomic E-state index is 0.195. The van der Waals surface area contributed by atoms with E-state index >= 15 is 0 Å². The van der Waals surface area contributed by atoms with Crippen molar-refractivity contribution in [2.24, 2.45) is 16.7 Å². The molecule has 0 aliphatic carbocycles. The van der Waals surface area contributed by atoms with Crippen LogP contribution in [0.5, 0.6) is 0 Å². The minimum Gasteiger partial charge on any atom is -0.103 e. The summed E-state index contributed by atoms with van der Waals surface area (Å²) in [5.74, 6) is 1.51. The number of alkyl halides is 3.